The Bertz CT molecular complexity index is 716. The second-order valence-corrected chi connectivity index (χ2v) is 5.21. The summed E-state index contributed by atoms with van der Waals surface area (Å²) in [4.78, 5) is 8.31. The van der Waals surface area contributed by atoms with Crippen LogP contribution < -0.4 is 5.73 Å². The molecule has 3 rings (SSSR count). The van der Waals surface area contributed by atoms with Crippen LogP contribution in [0.4, 0.5) is 0 Å². The van der Waals surface area contributed by atoms with Gasteiger partial charge in [0.1, 0.15) is 0 Å². The topological polar surface area (TPSA) is 87.1 Å². The van der Waals surface area contributed by atoms with E-state index in [9.17, 15) is 0 Å². The van der Waals surface area contributed by atoms with Crippen LogP contribution >= 0.6 is 0 Å². The average molecular weight is 310 g/mol. The molecule has 0 saturated carbocycles. The zero-order valence-electron chi connectivity index (χ0n) is 12.6. The normalized spacial score (nSPS) is 12.2. The van der Waals surface area contributed by atoms with Crippen molar-refractivity contribution in [2.75, 3.05) is 6.61 Å². The average Bonchev–Trinajstić information content (AvgIpc) is 3.05. The van der Waals surface area contributed by atoms with Crippen LogP contribution in [-0.4, -0.2) is 27.8 Å². The Morgan fingerprint density at radius 2 is 1.87 bits per heavy atom. The lowest BCUT2D eigenvalue weighted by atomic mass is 10.2. The van der Waals surface area contributed by atoms with Gasteiger partial charge in [-0.2, -0.15) is 4.98 Å². The van der Waals surface area contributed by atoms with Crippen LogP contribution in [0.5, 0.6) is 0 Å². The van der Waals surface area contributed by atoms with E-state index in [-0.39, 0.29) is 6.04 Å². The molecule has 2 aromatic heterocycles. The summed E-state index contributed by atoms with van der Waals surface area (Å²) in [6, 6.07) is 13.5. The number of pyridine rings is 1. The van der Waals surface area contributed by atoms with Crippen molar-refractivity contribution in [3.63, 3.8) is 0 Å². The van der Waals surface area contributed by atoms with Gasteiger partial charge < -0.3 is 15.0 Å². The highest BCUT2D eigenvalue weighted by atomic mass is 16.5. The minimum atomic E-state index is -0.190. The van der Waals surface area contributed by atoms with E-state index in [1.807, 2.05) is 42.5 Å². The van der Waals surface area contributed by atoms with Gasteiger partial charge >= 0.3 is 0 Å². The molecule has 6 nitrogen and oxygen atoms in total. The van der Waals surface area contributed by atoms with Crippen molar-refractivity contribution < 1.29 is 9.26 Å². The molecule has 118 valence electrons. The highest BCUT2D eigenvalue weighted by Gasteiger charge is 2.12. The monoisotopic (exact) mass is 310 g/mol. The second kappa shape index (κ2) is 7.62. The fraction of sp³-hybridized carbons (Fsp3) is 0.235. The Kier molecular flexibility index (Phi) is 5.08. The minimum Gasteiger partial charge on any atom is -0.375 e. The van der Waals surface area contributed by atoms with Crippen LogP contribution in [0.2, 0.25) is 0 Å². The van der Waals surface area contributed by atoms with Crippen molar-refractivity contribution in [3.8, 4) is 11.4 Å². The summed E-state index contributed by atoms with van der Waals surface area (Å²) >= 11 is 0. The highest BCUT2D eigenvalue weighted by molar-refractivity contribution is 5.52. The molecule has 0 saturated heterocycles. The first kappa shape index (κ1) is 15.3. The molecule has 0 unspecified atom stereocenters. The van der Waals surface area contributed by atoms with E-state index in [4.69, 9.17) is 15.0 Å². The maximum atomic E-state index is 6.06. The van der Waals surface area contributed by atoms with Crippen LogP contribution in [0.25, 0.3) is 11.4 Å². The molecule has 0 bridgehead atoms. The predicted octanol–water partition coefficient (Wildman–Crippen LogP) is 2.22. The molecule has 0 fully saturated rings. The fourth-order valence-corrected chi connectivity index (χ4v) is 2.14. The van der Waals surface area contributed by atoms with E-state index >= 15 is 0 Å². The van der Waals surface area contributed by atoms with Gasteiger partial charge in [0.25, 0.3) is 0 Å². The van der Waals surface area contributed by atoms with Gasteiger partial charge in [0.15, 0.2) is 0 Å². The molecular formula is C17H18N4O2. The number of hydrogen-bond donors (Lipinski definition) is 1. The summed E-state index contributed by atoms with van der Waals surface area (Å²) in [7, 11) is 0. The van der Waals surface area contributed by atoms with Gasteiger partial charge in [-0.25, -0.2) is 0 Å². The molecule has 0 aliphatic rings. The third-order valence-corrected chi connectivity index (χ3v) is 3.29. The molecule has 1 aromatic carbocycles. The molecule has 2 heterocycles. The van der Waals surface area contributed by atoms with Crippen molar-refractivity contribution in [1.29, 1.82) is 0 Å². The zero-order chi connectivity index (χ0) is 15.9. The van der Waals surface area contributed by atoms with Gasteiger partial charge in [-0.1, -0.05) is 35.5 Å². The summed E-state index contributed by atoms with van der Waals surface area (Å²) in [6.07, 6.45) is 3.86. The summed E-state index contributed by atoms with van der Waals surface area (Å²) in [5.74, 6) is 1.05. The Morgan fingerprint density at radius 3 is 2.65 bits per heavy atom. The lowest BCUT2D eigenvalue weighted by molar-refractivity contribution is 0.106. The predicted molar refractivity (Wildman–Crippen MR) is 85.3 cm³/mol. The molecule has 1 atom stereocenters. The fourth-order valence-electron chi connectivity index (χ4n) is 2.14. The van der Waals surface area contributed by atoms with Gasteiger partial charge in [0.05, 0.1) is 13.2 Å². The summed E-state index contributed by atoms with van der Waals surface area (Å²) in [5.41, 5.74) is 8.04. The summed E-state index contributed by atoms with van der Waals surface area (Å²) in [5, 5.41) is 3.96. The van der Waals surface area contributed by atoms with E-state index < -0.39 is 0 Å². The molecule has 0 aliphatic heterocycles. The maximum Gasteiger partial charge on any atom is 0.228 e. The van der Waals surface area contributed by atoms with E-state index in [0.717, 1.165) is 11.1 Å². The van der Waals surface area contributed by atoms with E-state index in [2.05, 4.69) is 15.1 Å². The molecule has 6 heteroatoms. The van der Waals surface area contributed by atoms with E-state index in [1.54, 1.807) is 12.4 Å². The molecule has 3 aromatic rings. The van der Waals surface area contributed by atoms with Crippen molar-refractivity contribution in [2.24, 2.45) is 5.73 Å². The minimum absolute atomic E-state index is 0.190. The van der Waals surface area contributed by atoms with Crippen LogP contribution in [0.1, 0.15) is 11.5 Å². The molecular weight excluding hydrogens is 292 g/mol. The first-order valence-electron chi connectivity index (χ1n) is 7.41. The Balaban J connectivity index is 1.48. The number of nitrogens with zero attached hydrogens (tertiary/aromatic N) is 3. The lowest BCUT2D eigenvalue weighted by Gasteiger charge is -2.09. The zero-order valence-corrected chi connectivity index (χ0v) is 12.6. The van der Waals surface area contributed by atoms with Gasteiger partial charge in [0, 0.05) is 30.4 Å². The standard InChI is InChI=1S/C17H18N4O2/c18-15(12-22-11-13-4-2-1-3-5-13)10-16-20-17(21-23-16)14-6-8-19-9-7-14/h1-9,15H,10-12,18H2/t15-/m0/s1. The van der Waals surface area contributed by atoms with E-state index in [0.29, 0.717) is 31.3 Å². The molecule has 0 aliphatic carbocycles. The third kappa shape index (κ3) is 4.45. The van der Waals surface area contributed by atoms with Crippen LogP contribution in [0.3, 0.4) is 0 Å². The summed E-state index contributed by atoms with van der Waals surface area (Å²) < 4.78 is 10.9. The lowest BCUT2D eigenvalue weighted by Crippen LogP contribution is -2.28. The molecule has 2 N–H and O–H groups in total. The molecule has 0 amide bonds. The number of rotatable bonds is 7. The number of nitrogens with two attached hydrogens (primary N) is 1. The Hall–Kier alpha value is -2.57. The van der Waals surface area contributed by atoms with Gasteiger partial charge in [-0.15, -0.1) is 0 Å². The van der Waals surface area contributed by atoms with Crippen LogP contribution in [-0.2, 0) is 17.8 Å². The Morgan fingerprint density at radius 1 is 1.09 bits per heavy atom. The molecule has 0 radical (unpaired) electrons. The van der Waals surface area contributed by atoms with Gasteiger partial charge in [-0.05, 0) is 17.7 Å². The summed E-state index contributed by atoms with van der Waals surface area (Å²) in [6.45, 7) is 0.975. The number of benzene rings is 1. The van der Waals surface area contributed by atoms with Crippen LogP contribution in [0.15, 0.2) is 59.4 Å². The molecule has 0 spiro atoms. The highest BCUT2D eigenvalue weighted by Crippen LogP contribution is 2.14. The number of aromatic nitrogens is 3. The third-order valence-electron chi connectivity index (χ3n) is 3.29. The van der Waals surface area contributed by atoms with Gasteiger partial charge in [0.2, 0.25) is 11.7 Å². The largest absolute Gasteiger partial charge is 0.375 e. The first-order chi connectivity index (χ1) is 11.3. The van der Waals surface area contributed by atoms with E-state index in [1.165, 1.54) is 0 Å². The van der Waals surface area contributed by atoms with Crippen molar-refractivity contribution in [1.82, 2.24) is 15.1 Å². The number of ether oxygens (including phenoxy) is 1. The van der Waals surface area contributed by atoms with Gasteiger partial charge in [-0.3, -0.25) is 4.98 Å². The SMILES string of the molecule is N[C@H](COCc1ccccc1)Cc1nc(-c2ccncc2)no1. The maximum absolute atomic E-state index is 6.06. The Labute approximate surface area is 134 Å². The van der Waals surface area contributed by atoms with Crippen molar-refractivity contribution in [2.45, 2.75) is 19.1 Å². The smallest absolute Gasteiger partial charge is 0.228 e. The van der Waals surface area contributed by atoms with Crippen molar-refractivity contribution >= 4 is 0 Å². The second-order valence-electron chi connectivity index (χ2n) is 5.21. The number of hydrogen-bond acceptors (Lipinski definition) is 6. The quantitative estimate of drug-likeness (QED) is 0.720. The molecule has 23 heavy (non-hydrogen) atoms. The first-order valence-corrected chi connectivity index (χ1v) is 7.41. The van der Waals surface area contributed by atoms with Crippen molar-refractivity contribution in [3.05, 3.63) is 66.3 Å². The van der Waals surface area contributed by atoms with Crippen LogP contribution in [0, 0.1) is 0 Å².